The quantitative estimate of drug-likeness (QED) is 0.850. The van der Waals surface area contributed by atoms with Crippen LogP contribution >= 0.6 is 0 Å². The number of allylic oxidation sites excluding steroid dienone is 4. The number of nitriles is 1. The van der Waals surface area contributed by atoms with Gasteiger partial charge in [0.2, 0.25) is 6.79 Å². The number of fused-ring (bicyclic) bond motifs is 2. The van der Waals surface area contributed by atoms with Crippen molar-refractivity contribution in [2.45, 2.75) is 12.8 Å². The fraction of sp³-hybridized carbons (Fsp3) is 0.389. The summed E-state index contributed by atoms with van der Waals surface area (Å²) >= 11 is 0. The topological polar surface area (TPSA) is 42.2 Å². The molecule has 1 fully saturated rings. The van der Waals surface area contributed by atoms with Gasteiger partial charge >= 0.3 is 0 Å². The molecule has 0 radical (unpaired) electrons. The van der Waals surface area contributed by atoms with Gasteiger partial charge in [-0.2, -0.15) is 5.26 Å². The Morgan fingerprint density at radius 1 is 1.05 bits per heavy atom. The third kappa shape index (κ3) is 2.03. The van der Waals surface area contributed by atoms with Crippen LogP contribution in [0.25, 0.3) is 0 Å². The lowest BCUT2D eigenvalue weighted by molar-refractivity contribution is 0.0455. The molecule has 0 N–H and O–H groups in total. The van der Waals surface area contributed by atoms with Gasteiger partial charge in [0.1, 0.15) is 0 Å². The zero-order valence-electron chi connectivity index (χ0n) is 11.7. The van der Waals surface area contributed by atoms with E-state index in [1.165, 1.54) is 5.56 Å². The maximum atomic E-state index is 9.07. The van der Waals surface area contributed by atoms with Crippen molar-refractivity contribution >= 4 is 0 Å². The highest BCUT2D eigenvalue weighted by Gasteiger charge is 2.47. The number of nitrogens with zero attached hydrogens (tertiary/aromatic N) is 1. The largest absolute Gasteiger partial charge is 0.454 e. The van der Waals surface area contributed by atoms with Crippen LogP contribution in [-0.4, -0.2) is 6.79 Å². The van der Waals surface area contributed by atoms with Crippen LogP contribution in [0, 0.1) is 35.0 Å². The lowest BCUT2D eigenvalue weighted by Crippen LogP contribution is -2.46. The van der Waals surface area contributed by atoms with Crippen molar-refractivity contribution in [3.05, 3.63) is 48.1 Å². The van der Waals surface area contributed by atoms with Crippen LogP contribution in [0.4, 0.5) is 0 Å². The van der Waals surface area contributed by atoms with E-state index in [-0.39, 0.29) is 0 Å². The van der Waals surface area contributed by atoms with E-state index in [0.717, 1.165) is 17.9 Å². The van der Waals surface area contributed by atoms with Gasteiger partial charge in [-0.05, 0) is 47.8 Å². The summed E-state index contributed by atoms with van der Waals surface area (Å²) in [6.07, 6.45) is 10.5. The maximum absolute atomic E-state index is 9.07. The third-order valence-electron chi connectivity index (χ3n) is 5.00. The zero-order valence-corrected chi connectivity index (χ0v) is 11.7. The van der Waals surface area contributed by atoms with Crippen molar-refractivity contribution in [3.8, 4) is 17.6 Å². The first-order valence-electron chi connectivity index (χ1n) is 7.47. The van der Waals surface area contributed by atoms with Gasteiger partial charge < -0.3 is 9.47 Å². The maximum Gasteiger partial charge on any atom is 0.231 e. The van der Waals surface area contributed by atoms with Crippen molar-refractivity contribution in [2.75, 3.05) is 6.79 Å². The van der Waals surface area contributed by atoms with E-state index in [2.05, 4.69) is 42.5 Å². The molecule has 0 amide bonds. The molecular weight excluding hydrogens is 262 g/mol. The summed E-state index contributed by atoms with van der Waals surface area (Å²) in [4.78, 5) is 0. The highest BCUT2D eigenvalue weighted by Crippen LogP contribution is 2.52. The van der Waals surface area contributed by atoms with Crippen molar-refractivity contribution in [1.29, 1.82) is 5.26 Å². The van der Waals surface area contributed by atoms with Crippen LogP contribution in [0.1, 0.15) is 12.0 Å². The summed E-state index contributed by atoms with van der Waals surface area (Å²) in [6, 6.07) is 8.55. The molecule has 0 aromatic heterocycles. The van der Waals surface area contributed by atoms with Gasteiger partial charge in [-0.3, -0.25) is 0 Å². The molecule has 1 aliphatic heterocycles. The lowest BCUT2D eigenvalue weighted by Gasteiger charge is -2.50. The van der Waals surface area contributed by atoms with Crippen LogP contribution in [0.15, 0.2) is 42.5 Å². The minimum atomic E-state index is 0.317. The predicted octanol–water partition coefficient (Wildman–Crippen LogP) is 3.48. The standard InChI is InChI=1S/C18H17NO2/c19-8-7-15-13-3-1-2-4-14(13)16(15)9-12-5-6-17-18(10-12)21-11-20-17/h1-6,10,13-16H,7,9,11H2/t13-,14+,15-,16-/m1/s1. The Balaban J connectivity index is 1.54. The molecule has 3 aliphatic rings. The SMILES string of the molecule is N#CC[C@@H]1[C@@H]2C=CC=C[C@@H]2[C@H]1Cc1ccc2c(c1)OCO2. The minimum Gasteiger partial charge on any atom is -0.454 e. The molecule has 0 spiro atoms. The smallest absolute Gasteiger partial charge is 0.231 e. The molecule has 0 bridgehead atoms. The highest BCUT2D eigenvalue weighted by atomic mass is 16.7. The molecule has 0 unspecified atom stereocenters. The van der Waals surface area contributed by atoms with Crippen LogP contribution in [-0.2, 0) is 6.42 Å². The highest BCUT2D eigenvalue weighted by molar-refractivity contribution is 5.44. The van der Waals surface area contributed by atoms with E-state index in [9.17, 15) is 0 Å². The summed E-state index contributed by atoms with van der Waals surface area (Å²) in [5.74, 6) is 3.84. The molecular formula is C18H17NO2. The summed E-state index contributed by atoms with van der Waals surface area (Å²) in [7, 11) is 0. The summed E-state index contributed by atoms with van der Waals surface area (Å²) in [6.45, 7) is 0.317. The van der Waals surface area contributed by atoms with Gasteiger partial charge in [0.15, 0.2) is 11.5 Å². The van der Waals surface area contributed by atoms with Crippen LogP contribution < -0.4 is 9.47 Å². The van der Waals surface area contributed by atoms with Gasteiger partial charge in [-0.1, -0.05) is 30.4 Å². The van der Waals surface area contributed by atoms with E-state index in [1.807, 2.05) is 6.07 Å². The van der Waals surface area contributed by atoms with E-state index >= 15 is 0 Å². The van der Waals surface area contributed by atoms with Gasteiger partial charge in [0, 0.05) is 6.42 Å². The molecule has 1 heterocycles. The Hall–Kier alpha value is -2.21. The number of hydrogen-bond acceptors (Lipinski definition) is 3. The number of ether oxygens (including phenoxy) is 2. The van der Waals surface area contributed by atoms with Crippen LogP contribution in [0.3, 0.4) is 0 Å². The molecule has 21 heavy (non-hydrogen) atoms. The van der Waals surface area contributed by atoms with Crippen molar-refractivity contribution in [2.24, 2.45) is 23.7 Å². The Bertz CT molecular complexity index is 656. The molecule has 4 rings (SSSR count). The predicted molar refractivity (Wildman–Crippen MR) is 78.7 cm³/mol. The fourth-order valence-electron chi connectivity index (χ4n) is 3.94. The van der Waals surface area contributed by atoms with Crippen molar-refractivity contribution in [1.82, 2.24) is 0 Å². The summed E-state index contributed by atoms with van der Waals surface area (Å²) < 4.78 is 10.8. The molecule has 2 aliphatic carbocycles. The second-order valence-corrected chi connectivity index (χ2v) is 6.01. The van der Waals surface area contributed by atoms with E-state index in [0.29, 0.717) is 36.9 Å². The summed E-state index contributed by atoms with van der Waals surface area (Å²) in [5.41, 5.74) is 1.27. The second kappa shape index (κ2) is 4.96. The molecule has 1 aromatic carbocycles. The van der Waals surface area contributed by atoms with E-state index < -0.39 is 0 Å². The first-order valence-corrected chi connectivity index (χ1v) is 7.47. The molecule has 1 aromatic rings. The number of benzene rings is 1. The fourth-order valence-corrected chi connectivity index (χ4v) is 3.94. The molecule has 4 atom stereocenters. The first-order chi connectivity index (χ1) is 10.4. The van der Waals surface area contributed by atoms with Crippen molar-refractivity contribution < 1.29 is 9.47 Å². The monoisotopic (exact) mass is 279 g/mol. The van der Waals surface area contributed by atoms with E-state index in [4.69, 9.17) is 14.7 Å². The van der Waals surface area contributed by atoms with Gasteiger partial charge in [-0.25, -0.2) is 0 Å². The Kier molecular flexibility index (Phi) is 2.96. The van der Waals surface area contributed by atoms with Crippen LogP contribution in [0.2, 0.25) is 0 Å². The normalized spacial score (nSPS) is 31.4. The zero-order chi connectivity index (χ0) is 14.2. The number of hydrogen-bond donors (Lipinski definition) is 0. The van der Waals surface area contributed by atoms with E-state index in [1.54, 1.807) is 0 Å². The molecule has 3 heteroatoms. The minimum absolute atomic E-state index is 0.317. The molecule has 106 valence electrons. The Labute approximate surface area is 124 Å². The van der Waals surface area contributed by atoms with Crippen LogP contribution in [0.5, 0.6) is 11.5 Å². The van der Waals surface area contributed by atoms with Gasteiger partial charge in [0.25, 0.3) is 0 Å². The molecule has 1 saturated carbocycles. The van der Waals surface area contributed by atoms with Gasteiger partial charge in [-0.15, -0.1) is 0 Å². The molecule has 3 nitrogen and oxygen atoms in total. The second-order valence-electron chi connectivity index (χ2n) is 6.01. The molecule has 0 saturated heterocycles. The average molecular weight is 279 g/mol. The average Bonchev–Trinajstić information content (AvgIpc) is 2.98. The Morgan fingerprint density at radius 3 is 2.62 bits per heavy atom. The van der Waals surface area contributed by atoms with Gasteiger partial charge in [0.05, 0.1) is 6.07 Å². The number of rotatable bonds is 3. The third-order valence-corrected chi connectivity index (χ3v) is 5.00. The van der Waals surface area contributed by atoms with Crippen molar-refractivity contribution in [3.63, 3.8) is 0 Å². The summed E-state index contributed by atoms with van der Waals surface area (Å²) in [5, 5.41) is 9.07. The lowest BCUT2D eigenvalue weighted by atomic mass is 9.53. The first kappa shape index (κ1) is 12.5. The Morgan fingerprint density at radius 2 is 1.81 bits per heavy atom.